The van der Waals surface area contributed by atoms with Gasteiger partial charge in [-0.15, -0.1) is 56.9 Å². The monoisotopic (exact) mass is 1330 g/mol. The number of halogens is 3. The lowest BCUT2D eigenvalue weighted by Crippen LogP contribution is -2.16. The first kappa shape index (κ1) is 69.9. The summed E-state index contributed by atoms with van der Waals surface area (Å²) in [6, 6.07) is 16.1. The number of hydrogen-bond donors (Lipinski definition) is 3. The van der Waals surface area contributed by atoms with E-state index in [-0.39, 0.29) is 113 Å². The standard InChI is InChI=1S/C30H29FO10S2.C17H18ClFO5S.C15H16O5S/c1-14(29(34)35)7-18(32)25-10-16-9-21(20(38-3)12-23(16)42-25)40-5-6-41-28-22(39-4)13-24-17(27(28)31)11-26(43-24)19(33)8-15(2)30(36)37;1-9(17(21)23-3)6-11(20)14-7-10-13(25-14)8-12(22-2)16(15(10)19)24-5-4-18;1-8(15(18)20-3)4-11(17)14-6-9-5-10(16)12(19-2)7-13(9)21-14/h9-15H,5-8H2,1-4H3,(H,34,35)(H,36,37);7-9H,4-6H2,1-3H3;5-8,16H,4H2,1-3H3/t14-,15+;9-;8-/m101/s1. The molecule has 8 aromatic rings. The first-order chi connectivity index (χ1) is 42.3. The lowest BCUT2D eigenvalue weighted by atomic mass is 10.0. The highest BCUT2D eigenvalue weighted by molar-refractivity contribution is 7.22. The lowest BCUT2D eigenvalue weighted by Gasteiger charge is -2.14. The van der Waals surface area contributed by atoms with Gasteiger partial charge in [-0.2, -0.15) is 0 Å². The van der Waals surface area contributed by atoms with E-state index in [9.17, 15) is 47.9 Å². The van der Waals surface area contributed by atoms with E-state index in [1.807, 2.05) is 0 Å². The van der Waals surface area contributed by atoms with Gasteiger partial charge in [0.25, 0.3) is 0 Å². The average Bonchev–Trinajstić information content (AvgIpc) is 2.61. The predicted molar refractivity (Wildman–Crippen MR) is 334 cm³/mol. The maximum atomic E-state index is 15.5. The van der Waals surface area contributed by atoms with Crippen LogP contribution in [-0.4, -0.2) is 131 Å². The van der Waals surface area contributed by atoms with Crippen molar-refractivity contribution in [2.75, 3.05) is 68.4 Å². The Morgan fingerprint density at radius 2 is 0.787 bits per heavy atom. The number of carboxylic acids is 2. The summed E-state index contributed by atoms with van der Waals surface area (Å²) >= 11 is 10.3. The van der Waals surface area contributed by atoms with Crippen molar-refractivity contribution in [2.45, 2.75) is 53.4 Å². The fraction of sp³-hybridized carbons (Fsp3) is 0.355. The number of ether oxygens (including phenoxy) is 9. The normalized spacial score (nSPS) is 12.3. The summed E-state index contributed by atoms with van der Waals surface area (Å²) < 4.78 is 79.9. The molecule has 4 atom stereocenters. The first-order valence-corrected chi connectivity index (χ1v) is 30.8. The minimum absolute atomic E-state index is 0.00496. The lowest BCUT2D eigenvalue weighted by molar-refractivity contribution is -0.145. The van der Waals surface area contributed by atoms with E-state index in [0.717, 1.165) is 37.5 Å². The second kappa shape index (κ2) is 31.8. The van der Waals surface area contributed by atoms with Crippen LogP contribution in [0.2, 0.25) is 0 Å². The summed E-state index contributed by atoms with van der Waals surface area (Å²) in [6.45, 7) is 6.23. The number of aromatic hydroxyl groups is 1. The van der Waals surface area contributed by atoms with Gasteiger partial charge in [-0.25, -0.2) is 8.78 Å². The Kier molecular flexibility index (Phi) is 25.0. The molecule has 476 valence electrons. The number of benzene rings is 4. The Hall–Kier alpha value is -8.17. The highest BCUT2D eigenvalue weighted by atomic mass is 35.5. The molecule has 0 spiro atoms. The van der Waals surface area contributed by atoms with E-state index in [0.29, 0.717) is 46.7 Å². The number of carbonyl (C=O) groups excluding carboxylic acids is 6. The third kappa shape index (κ3) is 17.4. The number of ketones is 4. The molecular formula is C62H63ClF2O20S4. The summed E-state index contributed by atoms with van der Waals surface area (Å²) in [5.41, 5.74) is 0. The predicted octanol–water partition coefficient (Wildman–Crippen LogP) is 13.4. The van der Waals surface area contributed by atoms with Crippen molar-refractivity contribution in [1.82, 2.24) is 0 Å². The molecule has 0 unspecified atom stereocenters. The minimum atomic E-state index is -1.09. The van der Waals surface area contributed by atoms with Crippen LogP contribution in [0.25, 0.3) is 40.3 Å². The molecule has 4 aromatic carbocycles. The fourth-order valence-electron chi connectivity index (χ4n) is 8.55. The van der Waals surface area contributed by atoms with Crippen molar-refractivity contribution in [3.8, 4) is 46.0 Å². The number of thiophene rings is 4. The molecule has 0 saturated carbocycles. The first-order valence-electron chi connectivity index (χ1n) is 27.0. The Balaban J connectivity index is 0.000000232. The van der Waals surface area contributed by atoms with Crippen LogP contribution in [0.3, 0.4) is 0 Å². The molecular weight excluding hydrogens is 1270 g/mol. The Morgan fingerprint density at radius 1 is 0.438 bits per heavy atom. The van der Waals surface area contributed by atoms with Crippen LogP contribution in [0.4, 0.5) is 8.78 Å². The molecule has 0 amide bonds. The Labute approximate surface area is 529 Å². The number of phenols is 1. The molecule has 0 radical (unpaired) electrons. The Bertz CT molecular complexity index is 3940. The van der Waals surface area contributed by atoms with Crippen LogP contribution in [-0.2, 0) is 28.7 Å². The van der Waals surface area contributed by atoms with Gasteiger partial charge < -0.3 is 58.0 Å². The molecule has 4 heterocycles. The van der Waals surface area contributed by atoms with Crippen LogP contribution in [0.1, 0.15) is 92.1 Å². The van der Waals surface area contributed by atoms with E-state index in [4.69, 9.17) is 55.0 Å². The highest BCUT2D eigenvalue weighted by Gasteiger charge is 2.27. The molecule has 0 bridgehead atoms. The number of rotatable bonds is 28. The van der Waals surface area contributed by atoms with E-state index in [1.54, 1.807) is 62.4 Å². The zero-order valence-corrected chi connectivity index (χ0v) is 53.8. The number of phenolic OH excluding ortho intramolecular Hbond substituents is 1. The molecule has 0 saturated heterocycles. The minimum Gasteiger partial charge on any atom is -0.504 e. The largest absolute Gasteiger partial charge is 0.504 e. The van der Waals surface area contributed by atoms with Crippen molar-refractivity contribution < 1.29 is 105 Å². The van der Waals surface area contributed by atoms with Gasteiger partial charge in [-0.1, -0.05) is 27.7 Å². The third-order valence-electron chi connectivity index (χ3n) is 13.5. The summed E-state index contributed by atoms with van der Waals surface area (Å²) in [5, 5.41) is 29.8. The zero-order chi connectivity index (χ0) is 65.6. The van der Waals surface area contributed by atoms with E-state index >= 15 is 4.39 Å². The van der Waals surface area contributed by atoms with E-state index < -0.39 is 65.0 Å². The van der Waals surface area contributed by atoms with Gasteiger partial charge in [-0.3, -0.25) is 38.4 Å². The van der Waals surface area contributed by atoms with Crippen molar-refractivity contribution in [1.29, 1.82) is 0 Å². The number of methoxy groups -OCH3 is 6. The number of carboxylic acid groups (broad SMARTS) is 2. The molecule has 89 heavy (non-hydrogen) atoms. The molecule has 20 nitrogen and oxygen atoms in total. The number of alkyl halides is 1. The maximum Gasteiger partial charge on any atom is 0.308 e. The van der Waals surface area contributed by atoms with E-state index in [2.05, 4.69) is 9.47 Å². The summed E-state index contributed by atoms with van der Waals surface area (Å²) in [4.78, 5) is 96.3. The number of Topliss-reactive ketones (excluding diaryl/α,β-unsaturated/α-hetero) is 4. The van der Waals surface area contributed by atoms with Crippen molar-refractivity contribution in [3.63, 3.8) is 0 Å². The summed E-state index contributed by atoms with van der Waals surface area (Å²) in [7, 11) is 8.28. The SMILES string of the molecule is COC(=O)[C@@H](C)CC(=O)c1cc2c(F)c(OCCCl)c(OC)cc2s1.COC(=O)[C@H](C)CC(=O)c1cc2cc(O)c(OC)cc2s1.COc1cc2sc(C(=O)C[C@@H](C)C(=O)O)cc2cc1OCCOc1c(OC)cc2sc(C(=O)C[C@H](C)C(=O)O)cc2c1F. The third-order valence-corrected chi connectivity index (χ3v) is 18.1. The molecule has 0 fully saturated rings. The van der Waals surface area contributed by atoms with E-state index in [1.165, 1.54) is 91.3 Å². The van der Waals surface area contributed by atoms with Crippen molar-refractivity contribution in [3.05, 3.63) is 91.8 Å². The second-order valence-electron chi connectivity index (χ2n) is 19.9. The molecule has 4 aromatic heterocycles. The van der Waals surface area contributed by atoms with Gasteiger partial charge in [0, 0.05) is 79.5 Å². The highest BCUT2D eigenvalue weighted by Crippen LogP contribution is 2.43. The number of hydrogen-bond acceptors (Lipinski definition) is 22. The topological polar surface area (TPSA) is 280 Å². The zero-order valence-electron chi connectivity index (χ0n) is 49.8. The molecule has 3 N–H and O–H groups in total. The number of esters is 2. The molecule has 0 aliphatic rings. The van der Waals surface area contributed by atoms with Crippen LogP contribution >= 0.6 is 56.9 Å². The summed E-state index contributed by atoms with van der Waals surface area (Å²) in [5.74, 6) is -6.49. The summed E-state index contributed by atoms with van der Waals surface area (Å²) in [6.07, 6.45) is -0.223. The van der Waals surface area contributed by atoms with Gasteiger partial charge in [0.05, 0.1) is 91.7 Å². The quantitative estimate of drug-likeness (QED) is 0.0178. The number of aliphatic carboxylic acids is 2. The molecule has 0 aliphatic heterocycles. The molecule has 27 heteroatoms. The second-order valence-corrected chi connectivity index (χ2v) is 24.6. The van der Waals surface area contributed by atoms with Gasteiger partial charge in [0.2, 0.25) is 0 Å². The van der Waals surface area contributed by atoms with Crippen LogP contribution in [0.15, 0.2) is 60.7 Å². The van der Waals surface area contributed by atoms with Crippen molar-refractivity contribution in [2.24, 2.45) is 23.7 Å². The average molecular weight is 1330 g/mol. The van der Waals surface area contributed by atoms with Gasteiger partial charge in [0.1, 0.15) is 19.8 Å². The smallest absolute Gasteiger partial charge is 0.308 e. The van der Waals surface area contributed by atoms with Crippen LogP contribution in [0, 0.1) is 35.3 Å². The maximum absolute atomic E-state index is 15.5. The molecule has 0 aliphatic carbocycles. The fourth-order valence-corrected chi connectivity index (χ4v) is 12.7. The van der Waals surface area contributed by atoms with Gasteiger partial charge >= 0.3 is 23.9 Å². The van der Waals surface area contributed by atoms with Crippen LogP contribution < -0.4 is 33.2 Å². The number of carbonyl (C=O) groups is 8. The van der Waals surface area contributed by atoms with Crippen LogP contribution in [0.5, 0.6) is 46.0 Å². The Morgan fingerprint density at radius 3 is 1.18 bits per heavy atom. The molecule has 8 rings (SSSR count). The number of fused-ring (bicyclic) bond motifs is 4. The van der Waals surface area contributed by atoms with Gasteiger partial charge in [-0.05, 0) is 47.2 Å². The van der Waals surface area contributed by atoms with Gasteiger partial charge in [0.15, 0.2) is 80.8 Å². The van der Waals surface area contributed by atoms with Crippen molar-refractivity contribution >= 4 is 144 Å².